The number of esters is 1. The quantitative estimate of drug-likeness (QED) is 0.430. The number of anilines is 1. The molecule has 0 fully saturated rings. The SMILES string of the molecule is CNc1ccc(C(=O)OCC(=O)N[C@H](C)c2ccc(C)c(C)c2)cc1[N+](=O)[O-]. The van der Waals surface area contributed by atoms with Crippen molar-refractivity contribution in [2.75, 3.05) is 19.0 Å². The van der Waals surface area contributed by atoms with E-state index < -0.39 is 23.4 Å². The van der Waals surface area contributed by atoms with E-state index in [1.807, 2.05) is 39.0 Å². The van der Waals surface area contributed by atoms with Crippen molar-refractivity contribution in [3.63, 3.8) is 0 Å². The van der Waals surface area contributed by atoms with E-state index in [1.54, 1.807) is 7.05 Å². The molecule has 0 aliphatic carbocycles. The first-order valence-electron chi connectivity index (χ1n) is 8.72. The molecule has 148 valence electrons. The Morgan fingerprint density at radius 2 is 1.86 bits per heavy atom. The molecule has 2 aromatic rings. The maximum atomic E-state index is 12.1. The average molecular weight is 385 g/mol. The lowest BCUT2D eigenvalue weighted by molar-refractivity contribution is -0.384. The standard InChI is InChI=1S/C20H23N3O5/c1-12-5-6-15(9-13(12)2)14(3)22-19(24)11-28-20(25)16-7-8-17(21-4)18(10-16)23(26)27/h5-10,14,21H,11H2,1-4H3,(H,22,24)/t14-/m1/s1. The van der Waals surface area contributed by atoms with Crippen molar-refractivity contribution in [2.45, 2.75) is 26.8 Å². The molecule has 28 heavy (non-hydrogen) atoms. The summed E-state index contributed by atoms with van der Waals surface area (Å²) >= 11 is 0. The summed E-state index contributed by atoms with van der Waals surface area (Å²) in [6.45, 7) is 5.36. The predicted octanol–water partition coefficient (Wildman–Crippen LogP) is 3.29. The van der Waals surface area contributed by atoms with Crippen LogP contribution in [-0.2, 0) is 9.53 Å². The maximum Gasteiger partial charge on any atom is 0.338 e. The molecule has 2 aromatic carbocycles. The Hall–Kier alpha value is -3.42. The first-order chi connectivity index (χ1) is 13.2. The van der Waals surface area contributed by atoms with Crippen LogP contribution >= 0.6 is 0 Å². The molecule has 2 N–H and O–H groups in total. The summed E-state index contributed by atoms with van der Waals surface area (Å²) in [5.74, 6) is -1.26. The van der Waals surface area contributed by atoms with Gasteiger partial charge in [-0.25, -0.2) is 4.79 Å². The van der Waals surface area contributed by atoms with Gasteiger partial charge in [0.05, 0.1) is 16.5 Å². The zero-order valence-electron chi connectivity index (χ0n) is 16.2. The second kappa shape index (κ2) is 8.98. The molecular weight excluding hydrogens is 362 g/mol. The van der Waals surface area contributed by atoms with Crippen LogP contribution in [0.2, 0.25) is 0 Å². The number of benzene rings is 2. The van der Waals surface area contributed by atoms with Gasteiger partial charge in [0.25, 0.3) is 11.6 Å². The number of hydrogen-bond donors (Lipinski definition) is 2. The molecule has 0 aliphatic heterocycles. The van der Waals surface area contributed by atoms with Crippen LogP contribution in [0.5, 0.6) is 0 Å². The lowest BCUT2D eigenvalue weighted by Gasteiger charge is -2.16. The Morgan fingerprint density at radius 3 is 2.46 bits per heavy atom. The third-order valence-electron chi connectivity index (χ3n) is 4.44. The van der Waals surface area contributed by atoms with E-state index >= 15 is 0 Å². The van der Waals surface area contributed by atoms with Crippen LogP contribution in [0.15, 0.2) is 36.4 Å². The summed E-state index contributed by atoms with van der Waals surface area (Å²) in [7, 11) is 1.54. The van der Waals surface area contributed by atoms with Crippen molar-refractivity contribution in [1.82, 2.24) is 5.32 Å². The van der Waals surface area contributed by atoms with Gasteiger partial charge in [0.2, 0.25) is 0 Å². The van der Waals surface area contributed by atoms with Crippen molar-refractivity contribution in [1.29, 1.82) is 0 Å². The largest absolute Gasteiger partial charge is 0.452 e. The number of hydrogen-bond acceptors (Lipinski definition) is 6. The van der Waals surface area contributed by atoms with E-state index in [2.05, 4.69) is 10.6 Å². The van der Waals surface area contributed by atoms with Gasteiger partial charge in [0.1, 0.15) is 5.69 Å². The molecule has 1 amide bonds. The fraction of sp³-hybridized carbons (Fsp3) is 0.300. The molecule has 8 nitrogen and oxygen atoms in total. The van der Waals surface area contributed by atoms with E-state index in [4.69, 9.17) is 4.74 Å². The number of aryl methyl sites for hydroxylation is 2. The number of nitro groups is 1. The summed E-state index contributed by atoms with van der Waals surface area (Å²) in [5, 5.41) is 16.5. The number of carbonyl (C=O) groups excluding carboxylic acids is 2. The molecule has 0 saturated carbocycles. The van der Waals surface area contributed by atoms with Crippen LogP contribution in [0.1, 0.15) is 40.0 Å². The number of ether oxygens (including phenoxy) is 1. The first kappa shape index (κ1) is 20.9. The predicted molar refractivity (Wildman–Crippen MR) is 105 cm³/mol. The van der Waals surface area contributed by atoms with Crippen LogP contribution in [-0.4, -0.2) is 30.5 Å². The highest BCUT2D eigenvalue weighted by Gasteiger charge is 2.19. The number of nitro benzene ring substituents is 1. The number of carbonyl (C=O) groups is 2. The minimum absolute atomic E-state index is 0.000655. The second-order valence-corrected chi connectivity index (χ2v) is 6.45. The Labute approximate surface area is 163 Å². The van der Waals surface area contributed by atoms with Crippen LogP contribution in [0.3, 0.4) is 0 Å². The van der Waals surface area contributed by atoms with Crippen molar-refractivity contribution in [2.24, 2.45) is 0 Å². The summed E-state index contributed by atoms with van der Waals surface area (Å²) < 4.78 is 4.98. The first-order valence-corrected chi connectivity index (χ1v) is 8.72. The smallest absolute Gasteiger partial charge is 0.338 e. The highest BCUT2D eigenvalue weighted by Crippen LogP contribution is 2.25. The van der Waals surface area contributed by atoms with E-state index in [0.29, 0.717) is 0 Å². The molecule has 0 aliphatic rings. The zero-order chi connectivity index (χ0) is 20.8. The van der Waals surface area contributed by atoms with Gasteiger partial charge < -0.3 is 15.4 Å². The Bertz CT molecular complexity index is 911. The van der Waals surface area contributed by atoms with Gasteiger partial charge in [0, 0.05) is 13.1 Å². The Balaban J connectivity index is 1.96. The molecule has 0 saturated heterocycles. The average Bonchev–Trinajstić information content (AvgIpc) is 2.67. The Morgan fingerprint density at radius 1 is 1.14 bits per heavy atom. The van der Waals surface area contributed by atoms with Crippen LogP contribution < -0.4 is 10.6 Å². The van der Waals surface area contributed by atoms with Crippen molar-refractivity contribution < 1.29 is 19.2 Å². The van der Waals surface area contributed by atoms with Gasteiger partial charge in [-0.3, -0.25) is 14.9 Å². The maximum absolute atomic E-state index is 12.1. The zero-order valence-corrected chi connectivity index (χ0v) is 16.2. The third kappa shape index (κ3) is 5.06. The molecule has 0 aromatic heterocycles. The molecule has 0 unspecified atom stereocenters. The molecule has 0 heterocycles. The molecule has 8 heteroatoms. The molecule has 0 spiro atoms. The highest BCUT2D eigenvalue weighted by atomic mass is 16.6. The van der Waals surface area contributed by atoms with E-state index in [1.165, 1.54) is 12.1 Å². The lowest BCUT2D eigenvalue weighted by Crippen LogP contribution is -2.31. The van der Waals surface area contributed by atoms with Crippen LogP contribution in [0.4, 0.5) is 11.4 Å². The minimum atomic E-state index is -0.806. The second-order valence-electron chi connectivity index (χ2n) is 6.45. The topological polar surface area (TPSA) is 111 Å². The monoisotopic (exact) mass is 385 g/mol. The number of amides is 1. The minimum Gasteiger partial charge on any atom is -0.452 e. The normalized spacial score (nSPS) is 11.4. The molecule has 0 bridgehead atoms. The van der Waals surface area contributed by atoms with Gasteiger partial charge in [-0.2, -0.15) is 0 Å². The van der Waals surface area contributed by atoms with Gasteiger partial charge in [-0.05, 0) is 49.6 Å². The summed E-state index contributed by atoms with van der Waals surface area (Å²) in [5.41, 5.74) is 3.26. The van der Waals surface area contributed by atoms with E-state index in [9.17, 15) is 19.7 Å². The van der Waals surface area contributed by atoms with Gasteiger partial charge in [-0.15, -0.1) is 0 Å². The van der Waals surface area contributed by atoms with Gasteiger partial charge >= 0.3 is 5.97 Å². The highest BCUT2D eigenvalue weighted by molar-refractivity contribution is 5.93. The molecule has 2 rings (SSSR count). The number of rotatable bonds is 7. The van der Waals surface area contributed by atoms with Gasteiger partial charge in [0.15, 0.2) is 6.61 Å². The molecule has 0 radical (unpaired) electrons. The summed E-state index contributed by atoms with van der Waals surface area (Å²) in [6.07, 6.45) is 0. The number of nitrogens with one attached hydrogen (secondary N) is 2. The molecular formula is C20H23N3O5. The molecule has 1 atom stereocenters. The lowest BCUT2D eigenvalue weighted by atomic mass is 10.0. The fourth-order valence-electron chi connectivity index (χ4n) is 2.64. The van der Waals surface area contributed by atoms with Crippen LogP contribution in [0.25, 0.3) is 0 Å². The fourth-order valence-corrected chi connectivity index (χ4v) is 2.64. The summed E-state index contributed by atoms with van der Waals surface area (Å²) in [4.78, 5) is 34.7. The van der Waals surface area contributed by atoms with Gasteiger partial charge in [-0.1, -0.05) is 18.2 Å². The van der Waals surface area contributed by atoms with Crippen molar-refractivity contribution >= 4 is 23.3 Å². The van der Waals surface area contributed by atoms with Crippen molar-refractivity contribution in [3.05, 3.63) is 68.8 Å². The summed E-state index contributed by atoms with van der Waals surface area (Å²) in [6, 6.07) is 9.59. The van der Waals surface area contributed by atoms with Crippen LogP contribution in [0, 0.1) is 24.0 Å². The van der Waals surface area contributed by atoms with Crippen molar-refractivity contribution in [3.8, 4) is 0 Å². The van der Waals surface area contributed by atoms with E-state index in [0.717, 1.165) is 22.8 Å². The Kier molecular flexibility index (Phi) is 6.70. The third-order valence-corrected chi connectivity index (χ3v) is 4.44. The number of nitrogens with zero attached hydrogens (tertiary/aromatic N) is 1. The van der Waals surface area contributed by atoms with E-state index in [-0.39, 0.29) is 23.0 Å².